The van der Waals surface area contributed by atoms with Gasteiger partial charge in [-0.3, -0.25) is 0 Å². The summed E-state index contributed by atoms with van der Waals surface area (Å²) in [4.78, 5) is 9.52. The van der Waals surface area contributed by atoms with E-state index in [1.165, 1.54) is 33.2 Å². The van der Waals surface area contributed by atoms with E-state index in [2.05, 4.69) is 270 Å². The second kappa shape index (κ2) is 18.1. The van der Waals surface area contributed by atoms with Crippen molar-refractivity contribution in [1.29, 1.82) is 0 Å². The Hall–Kier alpha value is -5.90. The summed E-state index contributed by atoms with van der Waals surface area (Å²) in [5, 5.41) is 2.33. The van der Waals surface area contributed by atoms with Crippen LogP contribution in [0.1, 0.15) is 136 Å². The van der Waals surface area contributed by atoms with Crippen LogP contribution in [0.15, 0.2) is 146 Å². The molecule has 358 valence electrons. The Morgan fingerprint density at radius 2 is 1.13 bits per heavy atom. The molecule has 0 saturated heterocycles. The standard InChI is InChI=1S/C63H67N4O.Pt/c1-59(2,3)44-29-30-64-57(36-44)67-54-28-22-21-27-52(54)58-53(62(10,11)12)38-51(39-55(58)67)68-50-35-46(61(7,8)9)33-49(37-50)66-41-65(40-56(66)42-23-17-15-18-24-42)48-32-45(60(4,5)6)31-47(34-48)63(13,14)43-25-19-16-20-26-43;/h15-36,38,40-41H,1-14H3;/q-3;. The zero-order chi connectivity index (χ0) is 48.6. The van der Waals surface area contributed by atoms with E-state index in [1.807, 2.05) is 6.20 Å². The van der Waals surface area contributed by atoms with Crippen LogP contribution >= 0.6 is 0 Å². The second-order valence-electron chi connectivity index (χ2n) is 23.3. The molecule has 0 unspecified atom stereocenters. The molecule has 0 amide bonds. The molecule has 6 heteroatoms. The summed E-state index contributed by atoms with van der Waals surface area (Å²) in [5.41, 5.74) is 12.8. The number of hydrogen-bond donors (Lipinski definition) is 0. The van der Waals surface area contributed by atoms with E-state index in [4.69, 9.17) is 9.72 Å². The Bertz CT molecular complexity index is 3190. The fraction of sp³-hybridized carbons (Fsp3) is 0.302. The molecule has 0 radical (unpaired) electrons. The van der Waals surface area contributed by atoms with Gasteiger partial charge in [0.15, 0.2) is 0 Å². The van der Waals surface area contributed by atoms with Crippen LogP contribution in [0.2, 0.25) is 0 Å². The maximum atomic E-state index is 7.11. The molecule has 1 aliphatic heterocycles. The quantitative estimate of drug-likeness (QED) is 0.142. The molecule has 5 nitrogen and oxygen atoms in total. The van der Waals surface area contributed by atoms with Crippen molar-refractivity contribution < 1.29 is 25.8 Å². The van der Waals surface area contributed by atoms with E-state index in [-0.39, 0.29) is 48.1 Å². The first-order valence-corrected chi connectivity index (χ1v) is 24.1. The molecule has 0 spiro atoms. The number of anilines is 2. The Kier molecular flexibility index (Phi) is 13.0. The van der Waals surface area contributed by atoms with Crippen LogP contribution in [0, 0.1) is 18.8 Å². The molecule has 69 heavy (non-hydrogen) atoms. The van der Waals surface area contributed by atoms with Crippen LogP contribution in [0.5, 0.6) is 11.5 Å². The van der Waals surface area contributed by atoms with E-state index >= 15 is 0 Å². The van der Waals surface area contributed by atoms with Gasteiger partial charge in [0.05, 0.1) is 0 Å². The van der Waals surface area contributed by atoms with Gasteiger partial charge in [0.2, 0.25) is 0 Å². The van der Waals surface area contributed by atoms with Gasteiger partial charge >= 0.3 is 0 Å². The third-order valence-corrected chi connectivity index (χ3v) is 13.6. The molecule has 0 bridgehead atoms. The second-order valence-corrected chi connectivity index (χ2v) is 23.3. The minimum atomic E-state index is -0.224. The molecule has 0 fully saturated rings. The molecule has 0 saturated carbocycles. The van der Waals surface area contributed by atoms with Crippen LogP contribution in [0.3, 0.4) is 0 Å². The van der Waals surface area contributed by atoms with Crippen LogP contribution in [0.4, 0.5) is 11.4 Å². The summed E-state index contributed by atoms with van der Waals surface area (Å²) in [6.07, 6.45) is 4.18. The minimum absolute atomic E-state index is 0. The van der Waals surface area contributed by atoms with E-state index in [1.54, 1.807) is 0 Å². The zero-order valence-corrected chi connectivity index (χ0v) is 45.2. The van der Waals surface area contributed by atoms with Crippen LogP contribution in [-0.4, -0.2) is 9.55 Å². The van der Waals surface area contributed by atoms with Crippen molar-refractivity contribution in [1.82, 2.24) is 9.55 Å². The Morgan fingerprint density at radius 1 is 0.536 bits per heavy atom. The van der Waals surface area contributed by atoms with Crippen molar-refractivity contribution in [2.24, 2.45) is 0 Å². The normalized spacial score (nSPS) is 13.8. The maximum absolute atomic E-state index is 7.11. The largest absolute Gasteiger partial charge is 0.509 e. The Labute approximate surface area is 426 Å². The SMILES string of the molecule is CC(C)(C)c1cc(Oc2[c-]c3c(c(C(C)(C)C)c2)c2ccccc2n3-c2cc(C(C)(C)C)ccn2)[c-]c(N2[CH-]N(c3cc(C(C)(C)C)cc(C(C)(C)c4ccccc4)c3)C=C2c2ccccc2)c1.[Pt]. The number of rotatable bonds is 8. The third-order valence-electron chi connectivity index (χ3n) is 13.6. The number of ether oxygens (including phenoxy) is 1. The number of aromatic nitrogens is 2. The van der Waals surface area contributed by atoms with Crippen molar-refractivity contribution in [2.45, 2.75) is 124 Å². The zero-order valence-electron chi connectivity index (χ0n) is 42.9. The van der Waals surface area contributed by atoms with Crippen molar-refractivity contribution in [3.63, 3.8) is 0 Å². The van der Waals surface area contributed by atoms with Gasteiger partial charge in [-0.2, -0.15) is 0 Å². The molecule has 2 aromatic heterocycles. The van der Waals surface area contributed by atoms with Gasteiger partial charge in [0.1, 0.15) is 5.82 Å². The fourth-order valence-corrected chi connectivity index (χ4v) is 9.29. The molecule has 8 aromatic rings. The number of fused-ring (bicyclic) bond motifs is 3. The number of hydrogen-bond acceptors (Lipinski definition) is 4. The summed E-state index contributed by atoms with van der Waals surface area (Å²) >= 11 is 0. The minimum Gasteiger partial charge on any atom is -0.509 e. The molecule has 9 rings (SSSR count). The maximum Gasteiger partial charge on any atom is 0.135 e. The van der Waals surface area contributed by atoms with E-state index in [0.717, 1.165) is 50.4 Å². The summed E-state index contributed by atoms with van der Waals surface area (Å²) < 4.78 is 9.36. The van der Waals surface area contributed by atoms with Gasteiger partial charge < -0.3 is 19.1 Å². The van der Waals surface area contributed by atoms with Gasteiger partial charge in [0.25, 0.3) is 0 Å². The number of nitrogens with zero attached hydrogens (tertiary/aromatic N) is 4. The molecular formula is C63H67N4OPt-3. The van der Waals surface area contributed by atoms with Gasteiger partial charge in [-0.05, 0) is 91.4 Å². The van der Waals surface area contributed by atoms with Crippen LogP contribution in [-0.2, 0) is 48.1 Å². The van der Waals surface area contributed by atoms with Crippen molar-refractivity contribution in [3.8, 4) is 17.3 Å². The smallest absolute Gasteiger partial charge is 0.135 e. The monoisotopic (exact) mass is 1090 g/mol. The van der Waals surface area contributed by atoms with Gasteiger partial charge in [-0.25, -0.2) is 4.98 Å². The first kappa shape index (κ1) is 49.5. The van der Waals surface area contributed by atoms with Crippen molar-refractivity contribution >= 4 is 38.9 Å². The third kappa shape index (κ3) is 9.82. The summed E-state index contributed by atoms with van der Waals surface area (Å²) in [6, 6.07) is 55.7. The molecule has 1 aliphatic rings. The molecule has 0 N–H and O–H groups in total. The summed E-state index contributed by atoms with van der Waals surface area (Å²) in [7, 11) is 0. The molecule has 0 aliphatic carbocycles. The van der Waals surface area contributed by atoms with Gasteiger partial charge in [-0.1, -0.05) is 193 Å². The van der Waals surface area contributed by atoms with E-state index in [0.29, 0.717) is 11.5 Å². The first-order valence-electron chi connectivity index (χ1n) is 24.1. The molecular weight excluding hydrogens is 1020 g/mol. The number of benzene rings is 6. The fourth-order valence-electron chi connectivity index (χ4n) is 9.29. The Morgan fingerprint density at radius 3 is 1.78 bits per heavy atom. The summed E-state index contributed by atoms with van der Waals surface area (Å²) in [5.74, 6) is 2.11. The van der Waals surface area contributed by atoms with E-state index in [9.17, 15) is 0 Å². The number of pyridine rings is 1. The van der Waals surface area contributed by atoms with Crippen LogP contribution < -0.4 is 14.5 Å². The van der Waals surface area contributed by atoms with E-state index < -0.39 is 0 Å². The average Bonchev–Trinajstić information content (AvgIpc) is 3.89. The molecule has 3 heterocycles. The van der Waals surface area contributed by atoms with Crippen molar-refractivity contribution in [3.05, 3.63) is 204 Å². The molecule has 6 aromatic carbocycles. The topological polar surface area (TPSA) is 33.5 Å². The predicted octanol–water partition coefficient (Wildman–Crippen LogP) is 16.5. The van der Waals surface area contributed by atoms with Gasteiger partial charge in [0, 0.05) is 61.1 Å². The first-order chi connectivity index (χ1) is 32.0. The number of para-hydroxylation sites is 1. The van der Waals surface area contributed by atoms with Crippen LogP contribution in [0.25, 0.3) is 33.3 Å². The Balaban J connectivity index is 0.00000642. The van der Waals surface area contributed by atoms with Gasteiger partial charge in [-0.15, -0.1) is 53.8 Å². The predicted molar refractivity (Wildman–Crippen MR) is 286 cm³/mol. The summed E-state index contributed by atoms with van der Waals surface area (Å²) in [6.45, 7) is 34.1. The average molecular weight is 1090 g/mol. The molecule has 0 atom stereocenters. The van der Waals surface area contributed by atoms with Crippen molar-refractivity contribution in [2.75, 3.05) is 9.80 Å².